The van der Waals surface area contributed by atoms with Gasteiger partial charge in [0, 0.05) is 12.3 Å². The van der Waals surface area contributed by atoms with Crippen molar-refractivity contribution in [2.45, 2.75) is 0 Å². The second-order valence-electron chi connectivity index (χ2n) is 3.10. The Morgan fingerprint density at radius 3 is 2.88 bits per heavy atom. The van der Waals surface area contributed by atoms with E-state index in [0.717, 1.165) is 0 Å². The van der Waals surface area contributed by atoms with Crippen LogP contribution in [0.15, 0.2) is 24.4 Å². The Bertz CT molecular complexity index is 568. The molecule has 2 aromatic heterocycles. The van der Waals surface area contributed by atoms with Crippen molar-refractivity contribution in [3.8, 4) is 5.69 Å². The SMILES string of the molecule is COC(=O)c1cccn1-c1cc(Cl)nnc1Cl. The van der Waals surface area contributed by atoms with Crippen molar-refractivity contribution >= 4 is 29.2 Å². The quantitative estimate of drug-likeness (QED) is 0.787. The van der Waals surface area contributed by atoms with Crippen LogP contribution in [0.4, 0.5) is 0 Å². The summed E-state index contributed by atoms with van der Waals surface area (Å²) in [5, 5.41) is 7.61. The minimum Gasteiger partial charge on any atom is -0.464 e. The molecule has 0 aromatic carbocycles. The largest absolute Gasteiger partial charge is 0.464 e. The average Bonchev–Trinajstić information content (AvgIpc) is 2.80. The molecule has 0 spiro atoms. The minimum absolute atomic E-state index is 0.149. The summed E-state index contributed by atoms with van der Waals surface area (Å²) in [5.74, 6) is -0.473. The van der Waals surface area contributed by atoms with Crippen LogP contribution in [0.25, 0.3) is 5.69 Å². The van der Waals surface area contributed by atoms with Gasteiger partial charge in [-0.3, -0.25) is 0 Å². The fourth-order valence-electron chi connectivity index (χ4n) is 1.37. The number of carbonyl (C=O) groups excluding carboxylic acids is 1. The van der Waals surface area contributed by atoms with Gasteiger partial charge in [0.1, 0.15) is 5.69 Å². The molecule has 0 bridgehead atoms. The van der Waals surface area contributed by atoms with Gasteiger partial charge in [-0.15, -0.1) is 10.2 Å². The third-order valence-electron chi connectivity index (χ3n) is 2.10. The number of nitrogens with zero attached hydrogens (tertiary/aromatic N) is 3. The maximum atomic E-state index is 11.5. The van der Waals surface area contributed by atoms with Crippen LogP contribution in [-0.2, 0) is 4.74 Å². The van der Waals surface area contributed by atoms with Crippen LogP contribution < -0.4 is 0 Å². The molecule has 0 fully saturated rings. The number of hydrogen-bond acceptors (Lipinski definition) is 4. The molecule has 17 heavy (non-hydrogen) atoms. The number of rotatable bonds is 2. The van der Waals surface area contributed by atoms with Crippen LogP contribution in [0.5, 0.6) is 0 Å². The molecular weight excluding hydrogens is 265 g/mol. The molecule has 2 rings (SSSR count). The van der Waals surface area contributed by atoms with Gasteiger partial charge in [0.15, 0.2) is 10.3 Å². The van der Waals surface area contributed by atoms with Gasteiger partial charge in [0.2, 0.25) is 0 Å². The van der Waals surface area contributed by atoms with E-state index in [0.29, 0.717) is 11.4 Å². The zero-order valence-corrected chi connectivity index (χ0v) is 10.2. The monoisotopic (exact) mass is 271 g/mol. The zero-order valence-electron chi connectivity index (χ0n) is 8.72. The van der Waals surface area contributed by atoms with Crippen molar-refractivity contribution in [3.05, 3.63) is 40.4 Å². The lowest BCUT2D eigenvalue weighted by molar-refractivity contribution is 0.0591. The predicted octanol–water partition coefficient (Wildman–Crippen LogP) is 2.36. The Balaban J connectivity index is 2.57. The molecule has 2 aromatic rings. The first-order valence-electron chi connectivity index (χ1n) is 4.58. The van der Waals surface area contributed by atoms with Gasteiger partial charge in [-0.2, -0.15) is 0 Å². The number of esters is 1. The van der Waals surface area contributed by atoms with Crippen LogP contribution in [-0.4, -0.2) is 27.8 Å². The van der Waals surface area contributed by atoms with Gasteiger partial charge >= 0.3 is 5.97 Å². The van der Waals surface area contributed by atoms with Crippen LogP contribution in [0, 0.1) is 0 Å². The van der Waals surface area contributed by atoms with E-state index in [-0.39, 0.29) is 10.3 Å². The molecule has 2 heterocycles. The van der Waals surface area contributed by atoms with E-state index in [4.69, 9.17) is 23.2 Å². The van der Waals surface area contributed by atoms with E-state index in [1.165, 1.54) is 17.7 Å². The number of carbonyl (C=O) groups is 1. The Kier molecular flexibility index (Phi) is 3.31. The smallest absolute Gasteiger partial charge is 0.355 e. The lowest BCUT2D eigenvalue weighted by Gasteiger charge is -2.08. The number of aromatic nitrogens is 3. The second kappa shape index (κ2) is 4.73. The lowest BCUT2D eigenvalue weighted by Crippen LogP contribution is -2.09. The molecule has 0 unspecified atom stereocenters. The number of ether oxygens (including phenoxy) is 1. The first kappa shape index (κ1) is 11.9. The highest BCUT2D eigenvalue weighted by atomic mass is 35.5. The molecule has 0 aliphatic heterocycles. The lowest BCUT2D eigenvalue weighted by atomic mass is 10.4. The molecule has 5 nitrogen and oxygen atoms in total. The Morgan fingerprint density at radius 2 is 2.18 bits per heavy atom. The van der Waals surface area contributed by atoms with Crippen molar-refractivity contribution in [1.29, 1.82) is 0 Å². The predicted molar refractivity (Wildman–Crippen MR) is 62.7 cm³/mol. The van der Waals surface area contributed by atoms with Crippen molar-refractivity contribution in [2.24, 2.45) is 0 Å². The minimum atomic E-state index is -0.473. The maximum absolute atomic E-state index is 11.5. The van der Waals surface area contributed by atoms with Gasteiger partial charge in [-0.05, 0) is 12.1 Å². The van der Waals surface area contributed by atoms with Crippen LogP contribution in [0.3, 0.4) is 0 Å². The third kappa shape index (κ3) is 2.25. The van der Waals surface area contributed by atoms with Gasteiger partial charge in [0.25, 0.3) is 0 Å². The average molecular weight is 272 g/mol. The first-order valence-corrected chi connectivity index (χ1v) is 5.34. The summed E-state index contributed by atoms with van der Waals surface area (Å²) in [5.41, 5.74) is 0.801. The first-order chi connectivity index (χ1) is 8.13. The summed E-state index contributed by atoms with van der Waals surface area (Å²) in [7, 11) is 1.30. The molecule has 0 saturated heterocycles. The van der Waals surface area contributed by atoms with E-state index < -0.39 is 5.97 Å². The standard InChI is InChI=1S/C10H7Cl2N3O2/c1-17-10(16)6-3-2-4-15(6)7-5-8(11)13-14-9(7)12/h2-5H,1H3. The molecule has 0 aliphatic rings. The van der Waals surface area contributed by atoms with Crippen LogP contribution in [0.2, 0.25) is 10.3 Å². The molecule has 0 radical (unpaired) electrons. The van der Waals surface area contributed by atoms with Crippen LogP contribution >= 0.6 is 23.2 Å². The molecule has 0 N–H and O–H groups in total. The Hall–Kier alpha value is -1.59. The Morgan fingerprint density at radius 1 is 1.41 bits per heavy atom. The number of hydrogen-bond donors (Lipinski definition) is 0. The summed E-state index contributed by atoms with van der Waals surface area (Å²) in [6.45, 7) is 0. The maximum Gasteiger partial charge on any atom is 0.355 e. The molecule has 88 valence electrons. The highest BCUT2D eigenvalue weighted by Crippen LogP contribution is 2.22. The van der Waals surface area contributed by atoms with E-state index in [1.54, 1.807) is 18.3 Å². The third-order valence-corrected chi connectivity index (χ3v) is 2.56. The summed E-state index contributed by atoms with van der Waals surface area (Å²) in [6, 6.07) is 4.82. The summed E-state index contributed by atoms with van der Waals surface area (Å²) in [6.07, 6.45) is 1.66. The second-order valence-corrected chi connectivity index (χ2v) is 3.84. The molecule has 0 saturated carbocycles. The summed E-state index contributed by atoms with van der Waals surface area (Å²) >= 11 is 11.6. The van der Waals surface area contributed by atoms with E-state index in [9.17, 15) is 4.79 Å². The zero-order chi connectivity index (χ0) is 12.4. The molecule has 0 aliphatic carbocycles. The van der Waals surface area contributed by atoms with E-state index >= 15 is 0 Å². The van der Waals surface area contributed by atoms with Gasteiger partial charge in [-0.1, -0.05) is 23.2 Å². The highest BCUT2D eigenvalue weighted by Gasteiger charge is 2.15. The summed E-state index contributed by atoms with van der Waals surface area (Å²) in [4.78, 5) is 11.5. The van der Waals surface area contributed by atoms with Crippen molar-refractivity contribution in [1.82, 2.24) is 14.8 Å². The molecule has 0 atom stereocenters. The highest BCUT2D eigenvalue weighted by molar-refractivity contribution is 6.32. The van der Waals surface area contributed by atoms with E-state index in [2.05, 4.69) is 14.9 Å². The summed E-state index contributed by atoms with van der Waals surface area (Å²) < 4.78 is 6.19. The molecule has 0 amide bonds. The van der Waals surface area contributed by atoms with Crippen molar-refractivity contribution in [3.63, 3.8) is 0 Å². The van der Waals surface area contributed by atoms with Crippen molar-refractivity contribution < 1.29 is 9.53 Å². The Labute approximate surface area is 107 Å². The van der Waals surface area contributed by atoms with Gasteiger partial charge < -0.3 is 9.30 Å². The fourth-order valence-corrected chi connectivity index (χ4v) is 1.70. The fraction of sp³-hybridized carbons (Fsp3) is 0.100. The molecule has 7 heteroatoms. The van der Waals surface area contributed by atoms with Crippen LogP contribution in [0.1, 0.15) is 10.5 Å². The number of halogens is 2. The van der Waals surface area contributed by atoms with Gasteiger partial charge in [0.05, 0.1) is 12.8 Å². The topological polar surface area (TPSA) is 57.0 Å². The molecular formula is C10H7Cl2N3O2. The van der Waals surface area contributed by atoms with E-state index in [1.807, 2.05) is 0 Å². The van der Waals surface area contributed by atoms with Crippen molar-refractivity contribution in [2.75, 3.05) is 7.11 Å². The van der Waals surface area contributed by atoms with Gasteiger partial charge in [-0.25, -0.2) is 4.79 Å². The number of methoxy groups -OCH3 is 1. The normalized spacial score (nSPS) is 10.3.